The van der Waals surface area contributed by atoms with Gasteiger partial charge in [-0.3, -0.25) is 9.59 Å². The minimum Gasteiger partial charge on any atom is -0.477 e. The number of anilines is 1. The first-order valence-electron chi connectivity index (χ1n) is 7.96. The van der Waals surface area contributed by atoms with E-state index >= 15 is 0 Å². The molecule has 0 aliphatic heterocycles. The molecule has 2 rings (SSSR count). The molecule has 6 nitrogen and oxygen atoms in total. The third kappa shape index (κ3) is 5.38. The van der Waals surface area contributed by atoms with Crippen LogP contribution in [0.15, 0.2) is 30.3 Å². The molecule has 0 saturated carbocycles. The summed E-state index contributed by atoms with van der Waals surface area (Å²) in [6.45, 7) is 3.91. The lowest BCUT2D eigenvalue weighted by Crippen LogP contribution is -2.22. The van der Waals surface area contributed by atoms with Gasteiger partial charge in [-0.15, -0.1) is 11.3 Å². The molecular weight excluding hydrogens is 359 g/mol. The molecule has 0 aliphatic carbocycles. The van der Waals surface area contributed by atoms with Crippen LogP contribution in [0.25, 0.3) is 0 Å². The van der Waals surface area contributed by atoms with E-state index in [1.807, 2.05) is 13.8 Å². The van der Waals surface area contributed by atoms with Crippen molar-refractivity contribution in [2.45, 2.75) is 26.8 Å². The molecular formula is C18H19FN2O4S. The maximum absolute atomic E-state index is 14.1. The van der Waals surface area contributed by atoms with E-state index in [1.54, 1.807) is 6.07 Å². The second-order valence-corrected chi connectivity index (χ2v) is 7.26. The molecule has 0 aliphatic rings. The molecule has 0 atom stereocenters. The van der Waals surface area contributed by atoms with Gasteiger partial charge in [0.1, 0.15) is 10.7 Å². The van der Waals surface area contributed by atoms with Crippen molar-refractivity contribution in [2.24, 2.45) is 5.92 Å². The molecule has 0 bridgehead atoms. The van der Waals surface area contributed by atoms with E-state index in [4.69, 9.17) is 5.11 Å². The highest BCUT2D eigenvalue weighted by Gasteiger charge is 2.13. The van der Waals surface area contributed by atoms with Gasteiger partial charge in [0.15, 0.2) is 0 Å². The highest BCUT2D eigenvalue weighted by atomic mass is 32.1. The second-order valence-electron chi connectivity index (χ2n) is 6.09. The van der Waals surface area contributed by atoms with Crippen molar-refractivity contribution in [3.63, 3.8) is 0 Å². The van der Waals surface area contributed by atoms with Crippen molar-refractivity contribution >= 4 is 34.8 Å². The Labute approximate surface area is 154 Å². The molecule has 0 radical (unpaired) electrons. The van der Waals surface area contributed by atoms with Crippen LogP contribution in [0.2, 0.25) is 0 Å². The number of hydrogen-bond donors (Lipinski definition) is 3. The Bertz CT molecular complexity index is 832. The van der Waals surface area contributed by atoms with E-state index in [-0.39, 0.29) is 40.9 Å². The van der Waals surface area contributed by atoms with Crippen LogP contribution in [-0.4, -0.2) is 22.9 Å². The fraction of sp³-hybridized carbons (Fsp3) is 0.278. The zero-order valence-electron chi connectivity index (χ0n) is 14.3. The van der Waals surface area contributed by atoms with Crippen LogP contribution < -0.4 is 10.6 Å². The van der Waals surface area contributed by atoms with Gasteiger partial charge in [-0.2, -0.15) is 0 Å². The fourth-order valence-corrected chi connectivity index (χ4v) is 2.97. The number of carbonyl (C=O) groups excluding carboxylic acids is 2. The Morgan fingerprint density at radius 3 is 2.50 bits per heavy atom. The predicted molar refractivity (Wildman–Crippen MR) is 96.9 cm³/mol. The number of aromatic carboxylic acids is 1. The third-order valence-electron chi connectivity index (χ3n) is 3.39. The number of carbonyl (C=O) groups is 3. The number of halogens is 1. The molecule has 8 heteroatoms. The number of hydrogen-bond acceptors (Lipinski definition) is 4. The van der Waals surface area contributed by atoms with Crippen LogP contribution in [0.5, 0.6) is 0 Å². The Morgan fingerprint density at radius 1 is 1.19 bits per heavy atom. The standard InChI is InChI=1S/C18H19FN2O4S/c1-10(2)7-16(22)21-14-5-3-11(8-13(14)19)17(23)20-9-12-4-6-15(26-12)18(24)25/h3-6,8,10H,7,9H2,1-2H3,(H,20,23)(H,21,22)(H,24,25). The van der Waals surface area contributed by atoms with Crippen molar-refractivity contribution in [2.75, 3.05) is 5.32 Å². The lowest BCUT2D eigenvalue weighted by Gasteiger charge is -2.09. The highest BCUT2D eigenvalue weighted by Crippen LogP contribution is 2.18. The minimum absolute atomic E-state index is 0.0246. The van der Waals surface area contributed by atoms with Crippen LogP contribution in [-0.2, 0) is 11.3 Å². The Kier molecular flexibility index (Phi) is 6.46. The number of benzene rings is 1. The lowest BCUT2D eigenvalue weighted by atomic mass is 10.1. The zero-order valence-corrected chi connectivity index (χ0v) is 15.2. The third-order valence-corrected chi connectivity index (χ3v) is 4.47. The topological polar surface area (TPSA) is 95.5 Å². The van der Waals surface area contributed by atoms with Crippen molar-refractivity contribution < 1.29 is 23.9 Å². The SMILES string of the molecule is CC(C)CC(=O)Nc1ccc(C(=O)NCc2ccc(C(=O)O)s2)cc1F. The van der Waals surface area contributed by atoms with E-state index in [2.05, 4.69) is 10.6 Å². The van der Waals surface area contributed by atoms with Crippen LogP contribution in [0.3, 0.4) is 0 Å². The molecule has 3 N–H and O–H groups in total. The first-order chi connectivity index (χ1) is 12.3. The Morgan fingerprint density at radius 2 is 1.92 bits per heavy atom. The van der Waals surface area contributed by atoms with Crippen LogP contribution in [0.1, 0.15) is 45.2 Å². The van der Waals surface area contributed by atoms with Gasteiger partial charge in [-0.05, 0) is 36.2 Å². The average Bonchev–Trinajstić information content (AvgIpc) is 3.03. The van der Waals surface area contributed by atoms with Crippen LogP contribution in [0.4, 0.5) is 10.1 Å². The molecule has 1 aromatic carbocycles. The summed E-state index contributed by atoms with van der Waals surface area (Å²) in [5.41, 5.74) is 0.135. The van der Waals surface area contributed by atoms with Gasteiger partial charge in [0.2, 0.25) is 5.91 Å². The Hall–Kier alpha value is -2.74. The molecule has 0 saturated heterocycles. The van der Waals surface area contributed by atoms with Gasteiger partial charge in [0.25, 0.3) is 5.91 Å². The quantitative estimate of drug-likeness (QED) is 0.687. The Balaban J connectivity index is 1.97. The van der Waals surface area contributed by atoms with Gasteiger partial charge < -0.3 is 15.7 Å². The second kappa shape index (κ2) is 8.57. The van der Waals surface area contributed by atoms with E-state index in [0.29, 0.717) is 4.88 Å². The molecule has 2 aromatic rings. The van der Waals surface area contributed by atoms with E-state index in [0.717, 1.165) is 17.4 Å². The smallest absolute Gasteiger partial charge is 0.345 e. The van der Waals surface area contributed by atoms with Crippen LogP contribution in [0, 0.1) is 11.7 Å². The zero-order chi connectivity index (χ0) is 19.3. The van der Waals surface area contributed by atoms with Gasteiger partial charge in [0.05, 0.1) is 12.2 Å². The van der Waals surface area contributed by atoms with E-state index < -0.39 is 17.7 Å². The molecule has 26 heavy (non-hydrogen) atoms. The summed E-state index contributed by atoms with van der Waals surface area (Å²) in [5, 5.41) is 14.0. The first kappa shape index (κ1) is 19.6. The summed E-state index contributed by atoms with van der Waals surface area (Å²) in [7, 11) is 0. The van der Waals surface area contributed by atoms with Crippen LogP contribution >= 0.6 is 11.3 Å². The van der Waals surface area contributed by atoms with Gasteiger partial charge in [-0.25, -0.2) is 9.18 Å². The van der Waals surface area contributed by atoms with Gasteiger partial charge >= 0.3 is 5.97 Å². The number of nitrogens with one attached hydrogen (secondary N) is 2. The number of amides is 2. The maximum Gasteiger partial charge on any atom is 0.345 e. The number of rotatable bonds is 7. The fourth-order valence-electron chi connectivity index (χ4n) is 2.19. The molecule has 0 spiro atoms. The lowest BCUT2D eigenvalue weighted by molar-refractivity contribution is -0.116. The molecule has 2 amide bonds. The van der Waals surface area contributed by atoms with E-state index in [9.17, 15) is 18.8 Å². The minimum atomic E-state index is -1.02. The number of carboxylic acid groups (broad SMARTS) is 1. The molecule has 1 heterocycles. The van der Waals surface area contributed by atoms with Gasteiger partial charge in [0, 0.05) is 16.9 Å². The maximum atomic E-state index is 14.1. The summed E-state index contributed by atoms with van der Waals surface area (Å²) in [6, 6.07) is 6.89. The summed E-state index contributed by atoms with van der Waals surface area (Å²) in [5.74, 6) is -2.34. The largest absolute Gasteiger partial charge is 0.477 e. The van der Waals surface area contributed by atoms with Crippen molar-refractivity contribution in [1.29, 1.82) is 0 Å². The van der Waals surface area contributed by atoms with E-state index in [1.165, 1.54) is 18.2 Å². The van der Waals surface area contributed by atoms with Gasteiger partial charge in [-0.1, -0.05) is 13.8 Å². The average molecular weight is 378 g/mol. The predicted octanol–water partition coefficient (Wildman–Crippen LogP) is 3.50. The highest BCUT2D eigenvalue weighted by molar-refractivity contribution is 7.13. The summed E-state index contributed by atoms with van der Waals surface area (Å²) >= 11 is 1.06. The number of thiophene rings is 1. The van der Waals surface area contributed by atoms with Crippen molar-refractivity contribution in [1.82, 2.24) is 5.32 Å². The molecule has 0 unspecified atom stereocenters. The molecule has 1 aromatic heterocycles. The summed E-state index contributed by atoms with van der Waals surface area (Å²) < 4.78 is 14.1. The monoisotopic (exact) mass is 378 g/mol. The first-order valence-corrected chi connectivity index (χ1v) is 8.77. The summed E-state index contributed by atoms with van der Waals surface area (Å²) in [4.78, 5) is 35.5. The van der Waals surface area contributed by atoms with Crippen molar-refractivity contribution in [3.8, 4) is 0 Å². The molecule has 138 valence electrons. The summed E-state index contributed by atoms with van der Waals surface area (Å²) in [6.07, 6.45) is 0.279. The van der Waals surface area contributed by atoms with Crippen molar-refractivity contribution in [3.05, 3.63) is 51.5 Å². The molecule has 0 fully saturated rings. The number of carboxylic acids is 1. The normalized spacial score (nSPS) is 10.6.